The molecule has 0 unspecified atom stereocenters. The van der Waals surface area contributed by atoms with Crippen LogP contribution in [-0.4, -0.2) is 56.9 Å². The summed E-state index contributed by atoms with van der Waals surface area (Å²) in [5, 5.41) is 29.2. The third-order valence-corrected chi connectivity index (χ3v) is 3.87. The minimum atomic E-state index is -2.09. The Bertz CT molecular complexity index is 699. The van der Waals surface area contributed by atoms with E-state index in [1.807, 2.05) is 4.98 Å². The van der Waals surface area contributed by atoms with Crippen molar-refractivity contribution < 1.29 is 24.8 Å². The van der Waals surface area contributed by atoms with E-state index in [1.165, 1.54) is 0 Å². The van der Waals surface area contributed by atoms with Gasteiger partial charge in [-0.15, -0.1) is 0 Å². The fourth-order valence-corrected chi connectivity index (χ4v) is 2.57. The van der Waals surface area contributed by atoms with Crippen molar-refractivity contribution in [2.45, 2.75) is 24.2 Å². The second kappa shape index (κ2) is 6.07. The Balaban J connectivity index is 2.67. The van der Waals surface area contributed by atoms with Crippen LogP contribution in [0.25, 0.3) is 4.48 Å². The molecule has 0 radical (unpaired) electrons. The third-order valence-electron chi connectivity index (χ3n) is 3.44. The number of aromatic amines is 1. The lowest BCUT2D eigenvalue weighted by Crippen LogP contribution is -2.53. The molecule has 9 nitrogen and oxygen atoms in total. The van der Waals surface area contributed by atoms with Crippen LogP contribution in [-0.2, 0) is 15.4 Å². The van der Waals surface area contributed by atoms with Gasteiger partial charge in [0.05, 0.1) is 12.2 Å². The maximum atomic E-state index is 12.1. The molecule has 22 heavy (non-hydrogen) atoms. The minimum absolute atomic E-state index is 0.00811. The van der Waals surface area contributed by atoms with E-state index in [-0.39, 0.29) is 10.0 Å². The number of aliphatic hydroxyl groups excluding tert-OH is 3. The van der Waals surface area contributed by atoms with E-state index in [9.17, 15) is 19.8 Å². The van der Waals surface area contributed by atoms with Gasteiger partial charge < -0.3 is 24.8 Å². The lowest BCUT2D eigenvalue weighted by molar-refractivity contribution is -0.306. The van der Waals surface area contributed by atoms with Crippen LogP contribution in [0, 0.1) is 0 Å². The highest BCUT2D eigenvalue weighted by Gasteiger charge is 2.57. The van der Waals surface area contributed by atoms with Gasteiger partial charge in [0.1, 0.15) is 12.2 Å². The zero-order chi connectivity index (χ0) is 16.7. The van der Waals surface area contributed by atoms with Gasteiger partial charge in [-0.1, -0.05) is 22.5 Å². The van der Waals surface area contributed by atoms with Gasteiger partial charge in [0.15, 0.2) is 6.10 Å². The molecule has 122 valence electrons. The summed E-state index contributed by atoms with van der Waals surface area (Å²) in [4.78, 5) is 25.8. The number of halogens is 1. The van der Waals surface area contributed by atoms with Crippen molar-refractivity contribution in [3.05, 3.63) is 39.2 Å². The molecule has 0 spiro atoms. The normalized spacial score (nSPS) is 31.4. The van der Waals surface area contributed by atoms with Gasteiger partial charge in [0.2, 0.25) is 0 Å². The number of methoxy groups -OCH3 is 1. The lowest BCUT2D eigenvalue weighted by Gasteiger charge is -2.31. The third kappa shape index (κ3) is 2.47. The molecule has 1 aromatic rings. The Morgan fingerprint density at radius 1 is 1.59 bits per heavy atom. The minimum Gasteiger partial charge on any atom is -0.394 e. The monoisotopic (exact) mass is 378 g/mol. The second-order valence-electron chi connectivity index (χ2n) is 4.69. The number of hydrogen-bond donors (Lipinski definition) is 4. The standard InChI is InChI=1S/C12H15BrN2O7/c1-5(13)6-3-15(11(20)14-10(6)19)12(21-2)9(18)8(17)7(4-16)22-12/h3,7-9,16-18H,1,4H2,2H3,(H,14,19,20)/t7-,8-,9-,12-/m1/s1. The molecule has 0 aliphatic carbocycles. The molecule has 1 saturated heterocycles. The van der Waals surface area contributed by atoms with Gasteiger partial charge in [0, 0.05) is 17.8 Å². The Labute approximate surface area is 132 Å². The average molecular weight is 379 g/mol. The first-order valence-corrected chi connectivity index (χ1v) is 6.99. The van der Waals surface area contributed by atoms with Gasteiger partial charge in [-0.2, -0.15) is 0 Å². The first kappa shape index (κ1) is 17.1. The molecular weight excluding hydrogens is 364 g/mol. The van der Waals surface area contributed by atoms with Gasteiger partial charge in [-0.3, -0.25) is 9.78 Å². The first-order valence-electron chi connectivity index (χ1n) is 6.19. The Hall–Kier alpha value is -1.30. The van der Waals surface area contributed by atoms with E-state index in [2.05, 4.69) is 22.5 Å². The highest BCUT2D eigenvalue weighted by Crippen LogP contribution is 2.35. The Morgan fingerprint density at radius 2 is 2.23 bits per heavy atom. The molecule has 2 heterocycles. The number of nitrogens with one attached hydrogen (secondary N) is 1. The SMILES string of the molecule is C=C(Br)c1cn([C@]2(OC)O[C@H](CO)[C@@H](O)[C@H]2O)c(=O)[nH]c1=O. The molecule has 0 saturated carbocycles. The molecule has 0 bridgehead atoms. The van der Waals surface area contributed by atoms with Crippen molar-refractivity contribution in [1.29, 1.82) is 0 Å². The predicted molar refractivity (Wildman–Crippen MR) is 78.2 cm³/mol. The summed E-state index contributed by atoms with van der Waals surface area (Å²) in [6.45, 7) is 2.95. The average Bonchev–Trinajstić information content (AvgIpc) is 2.72. The van der Waals surface area contributed by atoms with Gasteiger partial charge >= 0.3 is 5.69 Å². The van der Waals surface area contributed by atoms with Crippen LogP contribution in [0.4, 0.5) is 0 Å². The van der Waals surface area contributed by atoms with Gasteiger partial charge in [0.25, 0.3) is 11.5 Å². The van der Waals surface area contributed by atoms with E-state index < -0.39 is 42.1 Å². The summed E-state index contributed by atoms with van der Waals surface area (Å²) < 4.78 is 11.4. The van der Waals surface area contributed by atoms with Crippen molar-refractivity contribution >= 4 is 20.4 Å². The summed E-state index contributed by atoms with van der Waals surface area (Å²) in [5.41, 5.74) is -1.61. The predicted octanol–water partition coefficient (Wildman–Crippen LogP) is -1.73. The van der Waals surface area contributed by atoms with E-state index in [0.29, 0.717) is 0 Å². The van der Waals surface area contributed by atoms with Crippen LogP contribution in [0.5, 0.6) is 0 Å². The van der Waals surface area contributed by atoms with Crippen molar-refractivity contribution in [1.82, 2.24) is 9.55 Å². The van der Waals surface area contributed by atoms with Crippen molar-refractivity contribution in [2.24, 2.45) is 0 Å². The van der Waals surface area contributed by atoms with E-state index in [0.717, 1.165) is 17.9 Å². The molecule has 1 aliphatic heterocycles. The molecule has 4 N–H and O–H groups in total. The molecular formula is C12H15BrN2O7. The Kier molecular flexibility index (Phi) is 4.70. The van der Waals surface area contributed by atoms with E-state index in [4.69, 9.17) is 14.6 Å². The maximum absolute atomic E-state index is 12.1. The summed E-state index contributed by atoms with van der Waals surface area (Å²) in [6, 6.07) is 0. The van der Waals surface area contributed by atoms with Gasteiger partial charge in [-0.25, -0.2) is 9.36 Å². The topological polar surface area (TPSA) is 134 Å². The maximum Gasteiger partial charge on any atom is 0.332 e. The number of rotatable bonds is 4. The molecule has 1 aliphatic rings. The fraction of sp³-hybridized carbons (Fsp3) is 0.500. The molecule has 0 aromatic carbocycles. The van der Waals surface area contributed by atoms with Crippen LogP contribution < -0.4 is 11.2 Å². The smallest absolute Gasteiger partial charge is 0.332 e. The quantitative estimate of drug-likeness (QED) is 0.489. The van der Waals surface area contributed by atoms with E-state index >= 15 is 0 Å². The number of nitrogens with zero attached hydrogens (tertiary/aromatic N) is 1. The molecule has 10 heteroatoms. The lowest BCUT2D eigenvalue weighted by atomic mass is 10.1. The molecule has 4 atom stereocenters. The number of H-pyrrole nitrogens is 1. The van der Waals surface area contributed by atoms with Crippen molar-refractivity contribution in [2.75, 3.05) is 13.7 Å². The zero-order valence-electron chi connectivity index (χ0n) is 11.5. The first-order chi connectivity index (χ1) is 10.3. The van der Waals surface area contributed by atoms with E-state index in [1.54, 1.807) is 0 Å². The zero-order valence-corrected chi connectivity index (χ0v) is 13.1. The fourth-order valence-electron chi connectivity index (χ4n) is 2.28. The molecule has 2 rings (SSSR count). The number of hydrogen-bond acceptors (Lipinski definition) is 7. The van der Waals surface area contributed by atoms with Crippen LogP contribution in [0.2, 0.25) is 0 Å². The molecule has 0 amide bonds. The molecule has 1 aromatic heterocycles. The van der Waals surface area contributed by atoms with Crippen molar-refractivity contribution in [3.63, 3.8) is 0 Å². The summed E-state index contributed by atoms with van der Waals surface area (Å²) in [5.74, 6) is -2.09. The second-order valence-corrected chi connectivity index (χ2v) is 5.64. The number of aliphatic hydroxyl groups is 3. The highest BCUT2D eigenvalue weighted by molar-refractivity contribution is 9.15. The van der Waals surface area contributed by atoms with Crippen LogP contribution >= 0.6 is 15.9 Å². The number of ether oxygens (including phenoxy) is 2. The number of aromatic nitrogens is 2. The van der Waals surface area contributed by atoms with Crippen LogP contribution in [0.15, 0.2) is 22.4 Å². The highest BCUT2D eigenvalue weighted by atomic mass is 79.9. The summed E-state index contributed by atoms with van der Waals surface area (Å²) in [6.07, 6.45) is -3.24. The van der Waals surface area contributed by atoms with Crippen molar-refractivity contribution in [3.8, 4) is 0 Å². The summed E-state index contributed by atoms with van der Waals surface area (Å²) >= 11 is 3.03. The van der Waals surface area contributed by atoms with Gasteiger partial charge in [-0.05, 0) is 0 Å². The van der Waals surface area contributed by atoms with Crippen LogP contribution in [0.3, 0.4) is 0 Å². The summed E-state index contributed by atoms with van der Waals surface area (Å²) in [7, 11) is 1.15. The van der Waals surface area contributed by atoms with Crippen LogP contribution in [0.1, 0.15) is 5.56 Å². The molecule has 1 fully saturated rings. The largest absolute Gasteiger partial charge is 0.394 e. The Morgan fingerprint density at radius 3 is 2.68 bits per heavy atom.